The van der Waals surface area contributed by atoms with Gasteiger partial charge in [0.2, 0.25) is 0 Å². The van der Waals surface area contributed by atoms with Crippen molar-refractivity contribution in [2.45, 2.75) is 46.1 Å². The van der Waals surface area contributed by atoms with Crippen LogP contribution < -0.4 is 5.73 Å². The lowest BCUT2D eigenvalue weighted by Crippen LogP contribution is -2.25. The fraction of sp³-hybridized carbons (Fsp3) is 0.438. The first-order valence-electron chi connectivity index (χ1n) is 7.08. The summed E-state index contributed by atoms with van der Waals surface area (Å²) >= 11 is 3.40. The zero-order chi connectivity index (χ0) is 15.8. The van der Waals surface area contributed by atoms with E-state index in [0.717, 1.165) is 24.2 Å². The van der Waals surface area contributed by atoms with Crippen LogP contribution in [0.3, 0.4) is 0 Å². The maximum Gasteiger partial charge on any atom is 0.132 e. The van der Waals surface area contributed by atoms with E-state index in [1.165, 1.54) is 12.1 Å². The fourth-order valence-corrected chi connectivity index (χ4v) is 3.04. The number of aromatic nitrogens is 2. The van der Waals surface area contributed by atoms with E-state index < -0.39 is 0 Å². The van der Waals surface area contributed by atoms with Crippen molar-refractivity contribution in [3.8, 4) is 11.3 Å². The number of aryl methyl sites for hydroxylation is 1. The summed E-state index contributed by atoms with van der Waals surface area (Å²) in [6, 6.07) is 4.57. The molecule has 0 atom stereocenters. The van der Waals surface area contributed by atoms with Gasteiger partial charge in [-0.1, -0.05) is 6.92 Å². The Kier molecular flexibility index (Phi) is 4.42. The van der Waals surface area contributed by atoms with Gasteiger partial charge in [-0.25, -0.2) is 9.37 Å². The molecular weight excluding hydrogens is 333 g/mol. The second kappa shape index (κ2) is 5.79. The maximum atomic E-state index is 13.3. The fourth-order valence-electron chi connectivity index (χ4n) is 2.50. The third-order valence-electron chi connectivity index (χ3n) is 3.31. The van der Waals surface area contributed by atoms with E-state index in [4.69, 9.17) is 10.7 Å². The van der Waals surface area contributed by atoms with Gasteiger partial charge in [0.15, 0.2) is 0 Å². The number of nitrogens with zero attached hydrogens (tertiary/aromatic N) is 2. The van der Waals surface area contributed by atoms with Gasteiger partial charge in [0, 0.05) is 22.0 Å². The highest BCUT2D eigenvalue weighted by atomic mass is 79.9. The van der Waals surface area contributed by atoms with Gasteiger partial charge < -0.3 is 10.3 Å². The second-order valence-corrected chi connectivity index (χ2v) is 7.00. The minimum absolute atomic E-state index is 0.146. The van der Waals surface area contributed by atoms with Crippen molar-refractivity contribution in [2.75, 3.05) is 5.73 Å². The summed E-state index contributed by atoms with van der Waals surface area (Å²) in [6.45, 7) is 8.43. The molecule has 0 bridgehead atoms. The molecule has 1 aromatic carbocycles. The van der Waals surface area contributed by atoms with Crippen molar-refractivity contribution < 1.29 is 4.39 Å². The Balaban J connectivity index is 2.65. The van der Waals surface area contributed by atoms with E-state index in [1.807, 2.05) is 0 Å². The molecule has 0 aliphatic carbocycles. The summed E-state index contributed by atoms with van der Waals surface area (Å²) in [6.07, 6.45) is 1.86. The molecule has 2 aromatic rings. The molecule has 0 aliphatic heterocycles. The van der Waals surface area contributed by atoms with Gasteiger partial charge >= 0.3 is 0 Å². The van der Waals surface area contributed by atoms with Crippen LogP contribution in [0.4, 0.5) is 10.2 Å². The van der Waals surface area contributed by atoms with Crippen LogP contribution in [-0.2, 0) is 12.0 Å². The second-order valence-electron chi connectivity index (χ2n) is 6.14. The molecule has 2 rings (SSSR count). The Morgan fingerprint density at radius 3 is 2.52 bits per heavy atom. The third kappa shape index (κ3) is 3.12. The van der Waals surface area contributed by atoms with E-state index >= 15 is 0 Å². The Morgan fingerprint density at radius 1 is 1.33 bits per heavy atom. The molecule has 0 saturated heterocycles. The topological polar surface area (TPSA) is 43.8 Å². The van der Waals surface area contributed by atoms with Crippen molar-refractivity contribution in [1.29, 1.82) is 0 Å². The van der Waals surface area contributed by atoms with Crippen LogP contribution >= 0.6 is 15.9 Å². The zero-order valence-electron chi connectivity index (χ0n) is 12.9. The predicted molar refractivity (Wildman–Crippen MR) is 88.7 cm³/mol. The summed E-state index contributed by atoms with van der Waals surface area (Å²) in [7, 11) is 0. The number of nitrogen functional groups attached to an aromatic ring is 1. The normalized spacial score (nSPS) is 11.9. The zero-order valence-corrected chi connectivity index (χ0v) is 14.5. The number of benzene rings is 1. The molecular formula is C16H21BrFN3. The number of imidazole rings is 1. The Hall–Kier alpha value is -1.36. The predicted octanol–water partition coefficient (Wildman–Crippen LogP) is 4.74. The SMILES string of the molecule is CCCc1nc(-c2ccc(F)cc2Br)c(N)n1C(C)(C)C. The molecule has 5 heteroatoms. The summed E-state index contributed by atoms with van der Waals surface area (Å²) in [5.74, 6) is 1.31. The molecule has 0 spiro atoms. The average Bonchev–Trinajstić information content (AvgIpc) is 2.66. The maximum absolute atomic E-state index is 13.3. The smallest absolute Gasteiger partial charge is 0.132 e. The first-order chi connectivity index (χ1) is 9.75. The van der Waals surface area contributed by atoms with Crippen molar-refractivity contribution in [3.63, 3.8) is 0 Å². The van der Waals surface area contributed by atoms with Gasteiger partial charge in [0.25, 0.3) is 0 Å². The molecule has 21 heavy (non-hydrogen) atoms. The van der Waals surface area contributed by atoms with E-state index in [-0.39, 0.29) is 11.4 Å². The highest BCUT2D eigenvalue weighted by Crippen LogP contribution is 2.35. The number of halogens is 2. The molecule has 0 unspecified atom stereocenters. The minimum atomic E-state index is -0.284. The highest BCUT2D eigenvalue weighted by molar-refractivity contribution is 9.10. The molecule has 0 amide bonds. The van der Waals surface area contributed by atoms with E-state index in [2.05, 4.69) is 48.2 Å². The lowest BCUT2D eigenvalue weighted by atomic mass is 10.1. The van der Waals surface area contributed by atoms with Gasteiger partial charge in [0.1, 0.15) is 23.2 Å². The van der Waals surface area contributed by atoms with Crippen LogP contribution in [0, 0.1) is 5.82 Å². The molecule has 3 nitrogen and oxygen atoms in total. The number of rotatable bonds is 3. The van der Waals surface area contributed by atoms with Crippen LogP contribution in [0.5, 0.6) is 0 Å². The molecule has 1 aromatic heterocycles. The molecule has 0 fully saturated rings. The highest BCUT2D eigenvalue weighted by Gasteiger charge is 2.24. The van der Waals surface area contributed by atoms with Crippen LogP contribution in [-0.4, -0.2) is 9.55 Å². The number of hydrogen-bond donors (Lipinski definition) is 1. The first-order valence-corrected chi connectivity index (χ1v) is 7.88. The van der Waals surface area contributed by atoms with E-state index in [0.29, 0.717) is 16.0 Å². The van der Waals surface area contributed by atoms with Crippen molar-refractivity contribution >= 4 is 21.7 Å². The summed E-state index contributed by atoms with van der Waals surface area (Å²) in [4.78, 5) is 4.71. The van der Waals surface area contributed by atoms with E-state index in [1.54, 1.807) is 6.07 Å². The van der Waals surface area contributed by atoms with Gasteiger partial charge in [-0.15, -0.1) is 0 Å². The van der Waals surface area contributed by atoms with Gasteiger partial charge in [-0.05, 0) is 61.3 Å². The Bertz CT molecular complexity index is 656. The number of nitrogens with two attached hydrogens (primary N) is 1. The summed E-state index contributed by atoms with van der Waals surface area (Å²) in [5.41, 5.74) is 7.72. The summed E-state index contributed by atoms with van der Waals surface area (Å²) in [5, 5.41) is 0. The lowest BCUT2D eigenvalue weighted by molar-refractivity contribution is 0.387. The largest absolute Gasteiger partial charge is 0.383 e. The monoisotopic (exact) mass is 353 g/mol. The first kappa shape index (κ1) is 16.0. The molecule has 0 aliphatic rings. The molecule has 0 radical (unpaired) electrons. The standard InChI is InChI=1S/C16H21BrFN3/c1-5-6-13-20-14(15(19)21(13)16(2,3)4)11-8-7-10(18)9-12(11)17/h7-9H,5-6,19H2,1-4H3. The van der Waals surface area contributed by atoms with Crippen LogP contribution in [0.1, 0.15) is 39.9 Å². The molecule has 0 saturated carbocycles. The third-order valence-corrected chi connectivity index (χ3v) is 3.97. The Labute approximate surface area is 133 Å². The quantitative estimate of drug-likeness (QED) is 0.865. The van der Waals surface area contributed by atoms with Gasteiger partial charge in [-0.2, -0.15) is 0 Å². The molecule has 2 N–H and O–H groups in total. The minimum Gasteiger partial charge on any atom is -0.383 e. The van der Waals surface area contributed by atoms with Crippen LogP contribution in [0.2, 0.25) is 0 Å². The van der Waals surface area contributed by atoms with Gasteiger partial charge in [0.05, 0.1) is 0 Å². The van der Waals surface area contributed by atoms with Gasteiger partial charge in [-0.3, -0.25) is 0 Å². The molecule has 114 valence electrons. The number of anilines is 1. The Morgan fingerprint density at radius 2 is 2.00 bits per heavy atom. The molecule has 1 heterocycles. The van der Waals surface area contributed by atoms with Crippen molar-refractivity contribution in [1.82, 2.24) is 9.55 Å². The summed E-state index contributed by atoms with van der Waals surface area (Å²) < 4.78 is 16.0. The number of hydrogen-bond acceptors (Lipinski definition) is 2. The van der Waals surface area contributed by atoms with E-state index in [9.17, 15) is 4.39 Å². The lowest BCUT2D eigenvalue weighted by Gasteiger charge is -2.25. The average molecular weight is 354 g/mol. The van der Waals surface area contributed by atoms with Crippen molar-refractivity contribution in [3.05, 3.63) is 34.3 Å². The van der Waals surface area contributed by atoms with Crippen molar-refractivity contribution in [2.24, 2.45) is 0 Å². The van der Waals surface area contributed by atoms with Crippen LogP contribution in [0.25, 0.3) is 11.3 Å². The van der Waals surface area contributed by atoms with Crippen LogP contribution in [0.15, 0.2) is 22.7 Å².